The van der Waals surface area contributed by atoms with E-state index >= 15 is 0 Å². The van der Waals surface area contributed by atoms with E-state index < -0.39 is 12.1 Å². The van der Waals surface area contributed by atoms with Crippen LogP contribution in [0.15, 0.2) is 55.1 Å². The molecule has 200 valence electrons. The number of aliphatic carboxylic acids is 1. The van der Waals surface area contributed by atoms with Crippen molar-refractivity contribution in [2.75, 3.05) is 13.1 Å². The Morgan fingerprint density at radius 1 is 1.22 bits per heavy atom. The summed E-state index contributed by atoms with van der Waals surface area (Å²) in [5.41, 5.74) is 3.47. The van der Waals surface area contributed by atoms with Gasteiger partial charge < -0.3 is 19.7 Å². The van der Waals surface area contributed by atoms with Gasteiger partial charge in [-0.1, -0.05) is 29.8 Å². The van der Waals surface area contributed by atoms with Crippen LogP contribution >= 0.6 is 11.6 Å². The van der Waals surface area contributed by atoms with Gasteiger partial charge in [-0.05, 0) is 87.0 Å². The number of carboxylic acid groups (broad SMARTS) is 1. The van der Waals surface area contributed by atoms with Crippen molar-refractivity contribution in [3.8, 4) is 5.75 Å². The maximum atomic E-state index is 10.6. The molecule has 0 amide bonds. The maximum absolute atomic E-state index is 10.6. The second kappa shape index (κ2) is 13.5. The van der Waals surface area contributed by atoms with Crippen molar-refractivity contribution in [1.29, 1.82) is 0 Å². The summed E-state index contributed by atoms with van der Waals surface area (Å²) in [7, 11) is 0. The third kappa shape index (κ3) is 8.50. The molecule has 2 N–H and O–H groups in total. The second-order valence-corrected chi connectivity index (χ2v) is 9.27. The van der Waals surface area contributed by atoms with Crippen molar-refractivity contribution in [2.45, 2.75) is 51.4 Å². The molecular formula is C27H31ClF3N3O3. The van der Waals surface area contributed by atoms with E-state index in [-0.39, 0.29) is 0 Å². The largest absolute Gasteiger partial charge is 0.490 e. The summed E-state index contributed by atoms with van der Waals surface area (Å²) >= 11 is 5.99. The number of para-hydroxylation sites is 1. The lowest BCUT2D eigenvalue weighted by molar-refractivity contribution is -0.192. The first-order valence-electron chi connectivity index (χ1n) is 12.2. The third-order valence-corrected chi connectivity index (χ3v) is 6.43. The first-order chi connectivity index (χ1) is 17.7. The number of nitrogens with one attached hydrogen (secondary N) is 1. The Bertz CT molecular complexity index is 1170. The minimum atomic E-state index is -5.08. The van der Waals surface area contributed by atoms with Crippen molar-refractivity contribution >= 4 is 28.6 Å². The number of benzene rings is 2. The summed E-state index contributed by atoms with van der Waals surface area (Å²) in [6.07, 6.45) is 2.69. The molecule has 1 saturated heterocycles. The molecule has 2 heterocycles. The number of allylic oxidation sites excluding steroid dienone is 1. The average molecular weight is 538 g/mol. The summed E-state index contributed by atoms with van der Waals surface area (Å²) in [5.74, 6) is -0.139. The molecule has 2 aromatic carbocycles. The average Bonchev–Trinajstić information content (AvgIpc) is 3.23. The zero-order valence-electron chi connectivity index (χ0n) is 20.4. The lowest BCUT2D eigenvalue weighted by atomic mass is 9.93. The Balaban J connectivity index is 0.000000479. The van der Waals surface area contributed by atoms with Gasteiger partial charge in [-0.3, -0.25) is 0 Å². The topological polar surface area (TPSA) is 76.4 Å². The number of aryl methyl sites for hydroxylation is 1. The lowest BCUT2D eigenvalue weighted by Gasteiger charge is -2.22. The quantitative estimate of drug-likeness (QED) is 0.308. The van der Waals surface area contributed by atoms with Gasteiger partial charge in [0.1, 0.15) is 18.2 Å². The van der Waals surface area contributed by atoms with Crippen LogP contribution in [0.1, 0.15) is 37.1 Å². The number of halogens is 4. The summed E-state index contributed by atoms with van der Waals surface area (Å²) in [6, 6.07) is 13.9. The lowest BCUT2D eigenvalue weighted by Crippen LogP contribution is -2.27. The Morgan fingerprint density at radius 2 is 1.89 bits per heavy atom. The highest BCUT2D eigenvalue weighted by Crippen LogP contribution is 2.25. The van der Waals surface area contributed by atoms with Gasteiger partial charge in [-0.2, -0.15) is 13.2 Å². The maximum Gasteiger partial charge on any atom is 0.490 e. The van der Waals surface area contributed by atoms with Crippen LogP contribution in [0.25, 0.3) is 11.0 Å². The number of carbonyl (C=O) groups is 1. The molecule has 1 fully saturated rings. The van der Waals surface area contributed by atoms with Crippen LogP contribution in [0.5, 0.6) is 5.75 Å². The van der Waals surface area contributed by atoms with Gasteiger partial charge >= 0.3 is 12.1 Å². The second-order valence-electron chi connectivity index (χ2n) is 8.84. The smallest absolute Gasteiger partial charge is 0.486 e. The molecule has 0 atom stereocenters. The normalized spacial score (nSPS) is 14.2. The molecule has 0 bridgehead atoms. The zero-order chi connectivity index (χ0) is 26.8. The standard InChI is InChI=1S/C25H30ClN3O.C2HF3O2/c1-2-5-20-7-3-8-23-25(20)28-24(18-30-22-11-9-21(26)10-12-22)29(23)17-4-6-19-13-15-27-16-14-19;3-2(4,5)1(6)7/h2-3,7-12,19,27H,1,4-6,13-18H2;(H,6,7). The van der Waals surface area contributed by atoms with Crippen LogP contribution < -0.4 is 10.1 Å². The first kappa shape index (κ1) is 28.5. The minimum absolute atomic E-state index is 0.442. The predicted octanol–water partition coefficient (Wildman–Crippen LogP) is 6.41. The van der Waals surface area contributed by atoms with E-state index in [1.807, 2.05) is 30.3 Å². The predicted molar refractivity (Wildman–Crippen MR) is 138 cm³/mol. The fourth-order valence-corrected chi connectivity index (χ4v) is 4.45. The number of nitrogens with zero attached hydrogens (tertiary/aromatic N) is 2. The highest BCUT2D eigenvalue weighted by atomic mass is 35.5. The van der Waals surface area contributed by atoms with Crippen LogP contribution in [0.2, 0.25) is 5.02 Å². The van der Waals surface area contributed by atoms with Crippen LogP contribution in [0, 0.1) is 5.92 Å². The van der Waals surface area contributed by atoms with E-state index in [2.05, 4.69) is 34.7 Å². The number of piperidine rings is 1. The molecule has 3 aromatic rings. The Morgan fingerprint density at radius 3 is 2.51 bits per heavy atom. The number of fused-ring (bicyclic) bond motifs is 1. The van der Waals surface area contributed by atoms with Crippen molar-refractivity contribution in [3.63, 3.8) is 0 Å². The molecule has 1 aliphatic heterocycles. The molecule has 0 saturated carbocycles. The fourth-order valence-electron chi connectivity index (χ4n) is 4.32. The van der Waals surface area contributed by atoms with Crippen molar-refractivity contribution in [1.82, 2.24) is 14.9 Å². The molecule has 1 aromatic heterocycles. The molecule has 1 aliphatic rings. The van der Waals surface area contributed by atoms with Gasteiger partial charge in [-0.15, -0.1) is 6.58 Å². The summed E-state index contributed by atoms with van der Waals surface area (Å²) in [5, 5.41) is 11.3. The van der Waals surface area contributed by atoms with Gasteiger partial charge in [0.2, 0.25) is 0 Å². The number of alkyl halides is 3. The van der Waals surface area contributed by atoms with E-state index in [0.29, 0.717) is 11.6 Å². The van der Waals surface area contributed by atoms with Crippen molar-refractivity contribution in [3.05, 3.63) is 71.5 Å². The van der Waals surface area contributed by atoms with Crippen LogP contribution in [0.3, 0.4) is 0 Å². The summed E-state index contributed by atoms with van der Waals surface area (Å²) in [6.45, 7) is 7.63. The molecule has 37 heavy (non-hydrogen) atoms. The van der Waals surface area contributed by atoms with Gasteiger partial charge in [0.05, 0.1) is 11.0 Å². The third-order valence-electron chi connectivity index (χ3n) is 6.18. The Hall–Kier alpha value is -3.04. The zero-order valence-corrected chi connectivity index (χ0v) is 21.2. The number of rotatable bonds is 9. The first-order valence-corrected chi connectivity index (χ1v) is 12.5. The number of hydrogen-bond donors (Lipinski definition) is 2. The van der Waals surface area contributed by atoms with Crippen LogP contribution in [0.4, 0.5) is 13.2 Å². The molecule has 0 aliphatic carbocycles. The van der Waals surface area contributed by atoms with Gasteiger partial charge in [-0.25, -0.2) is 9.78 Å². The molecule has 0 spiro atoms. The molecular weight excluding hydrogens is 507 g/mol. The number of carboxylic acids is 1. The minimum Gasteiger partial charge on any atom is -0.486 e. The van der Waals surface area contributed by atoms with Crippen molar-refractivity contribution < 1.29 is 27.8 Å². The van der Waals surface area contributed by atoms with Gasteiger partial charge in [0.15, 0.2) is 0 Å². The van der Waals surface area contributed by atoms with Gasteiger partial charge in [0.25, 0.3) is 0 Å². The van der Waals surface area contributed by atoms with E-state index in [1.165, 1.54) is 30.3 Å². The van der Waals surface area contributed by atoms with Crippen LogP contribution in [-0.4, -0.2) is 39.9 Å². The van der Waals surface area contributed by atoms with E-state index in [1.54, 1.807) is 0 Å². The number of hydrogen-bond acceptors (Lipinski definition) is 4. The van der Waals surface area contributed by atoms with E-state index in [9.17, 15) is 13.2 Å². The highest BCUT2D eigenvalue weighted by Gasteiger charge is 2.38. The fraction of sp³-hybridized carbons (Fsp3) is 0.407. The molecule has 6 nitrogen and oxygen atoms in total. The summed E-state index contributed by atoms with van der Waals surface area (Å²) in [4.78, 5) is 13.9. The monoisotopic (exact) mass is 537 g/mol. The molecule has 0 radical (unpaired) electrons. The number of aromatic nitrogens is 2. The number of ether oxygens (including phenoxy) is 1. The summed E-state index contributed by atoms with van der Waals surface area (Å²) < 4.78 is 40.1. The Kier molecular flexibility index (Phi) is 10.4. The highest BCUT2D eigenvalue weighted by molar-refractivity contribution is 6.30. The van der Waals surface area contributed by atoms with E-state index in [4.69, 9.17) is 31.2 Å². The Labute approximate surface area is 219 Å². The van der Waals surface area contributed by atoms with Gasteiger partial charge in [0, 0.05) is 11.6 Å². The molecule has 4 rings (SSSR count). The molecule has 10 heteroatoms. The van der Waals surface area contributed by atoms with E-state index in [0.717, 1.165) is 55.5 Å². The molecule has 0 unspecified atom stereocenters. The van der Waals surface area contributed by atoms with Crippen LogP contribution in [-0.2, 0) is 24.4 Å². The van der Waals surface area contributed by atoms with Crippen molar-refractivity contribution in [2.24, 2.45) is 5.92 Å². The SMILES string of the molecule is C=CCc1cccc2c1nc(COc1ccc(Cl)cc1)n2CCCC1CCNCC1.O=C(O)C(F)(F)F. The number of imidazole rings is 1.